The zero-order valence-corrected chi connectivity index (χ0v) is 13.7. The van der Waals surface area contributed by atoms with Crippen LogP contribution in [0.3, 0.4) is 0 Å². The zero-order valence-electron chi connectivity index (χ0n) is 23.7. The average Bonchev–Trinajstić information content (AvgIpc) is 2.68. The molecule has 0 saturated heterocycles. The number of aliphatic hydroxyl groups excluding tert-OH is 1. The molecule has 24 heavy (non-hydrogen) atoms. The van der Waals surface area contributed by atoms with E-state index in [1.165, 1.54) is 6.92 Å². The van der Waals surface area contributed by atoms with Crippen molar-refractivity contribution in [3.8, 4) is 0 Å². The minimum absolute atomic E-state index is 0.00890. The molecule has 0 fully saturated rings. The van der Waals surface area contributed by atoms with E-state index in [-0.39, 0.29) is 24.0 Å². The van der Waals surface area contributed by atoms with Crippen molar-refractivity contribution in [1.82, 2.24) is 0 Å². The van der Waals surface area contributed by atoms with E-state index in [4.69, 9.17) is 18.8 Å². The van der Waals surface area contributed by atoms with Gasteiger partial charge in [-0.1, -0.05) is 38.5 Å². The van der Waals surface area contributed by atoms with Gasteiger partial charge in [0, 0.05) is 23.2 Å². The topological polar surface area (TPSA) is 72.8 Å². The average molecular weight is 349 g/mol. The Balaban J connectivity index is 2.75. The maximum Gasteiger partial charge on any atom is 0.228 e. The molecule has 0 amide bonds. The van der Waals surface area contributed by atoms with Crippen molar-refractivity contribution in [3.05, 3.63) is 22.7 Å². The molecule has 1 N–H and O–H groups in total. The smallest absolute Gasteiger partial charge is 0.228 e. The number of Topliss-reactive ketones (excluding diaryl/α,β-unsaturated/α-hetero) is 2. The molecule has 0 aromatic rings. The van der Waals surface area contributed by atoms with Gasteiger partial charge < -0.3 is 14.6 Å². The fourth-order valence-electron chi connectivity index (χ4n) is 2.50. The molecule has 0 spiro atoms. The van der Waals surface area contributed by atoms with Gasteiger partial charge in [-0.15, -0.1) is 0 Å². The maximum atomic E-state index is 12.9. The van der Waals surface area contributed by atoms with E-state index in [9.17, 15) is 9.59 Å². The lowest BCUT2D eigenvalue weighted by Gasteiger charge is -2.20. The van der Waals surface area contributed by atoms with Gasteiger partial charge in [0.25, 0.3) is 0 Å². The molecule has 0 unspecified atom stereocenters. The quantitative estimate of drug-likeness (QED) is 0.432. The Labute approximate surface area is 158 Å². The molecule has 0 aliphatic heterocycles. The molecule has 0 heterocycles. The molecule has 0 aromatic carbocycles. The number of allylic oxidation sites excluding steroid dienone is 2. The van der Waals surface area contributed by atoms with E-state index in [1.54, 1.807) is 0 Å². The van der Waals surface area contributed by atoms with E-state index in [2.05, 4.69) is 9.47 Å². The first-order valence-corrected chi connectivity index (χ1v) is 7.85. The first-order valence-electron chi connectivity index (χ1n) is 12.9. The van der Waals surface area contributed by atoms with Crippen LogP contribution in [0.2, 0.25) is 0 Å². The Morgan fingerprint density at radius 1 is 0.917 bits per heavy atom. The highest BCUT2D eigenvalue weighted by Crippen LogP contribution is 2.28. The maximum absolute atomic E-state index is 12.9. The molecular weight excluding hydrogens is 308 g/mol. The summed E-state index contributed by atoms with van der Waals surface area (Å²) in [6.07, 6.45) is -1.83. The van der Waals surface area contributed by atoms with Gasteiger partial charge in [0.1, 0.15) is 0 Å². The lowest BCUT2D eigenvalue weighted by Crippen LogP contribution is -2.25. The zero-order chi connectivity index (χ0) is 26.5. The Morgan fingerprint density at radius 2 is 1.50 bits per heavy atom. The molecular formula is C19H30O5. The van der Waals surface area contributed by atoms with E-state index < -0.39 is 56.5 Å². The third kappa shape index (κ3) is 5.48. The van der Waals surface area contributed by atoms with Crippen LogP contribution in [0.5, 0.6) is 0 Å². The van der Waals surface area contributed by atoms with Crippen molar-refractivity contribution < 1.29 is 37.9 Å². The first kappa shape index (κ1) is 9.76. The van der Waals surface area contributed by atoms with Gasteiger partial charge >= 0.3 is 0 Å². The SMILES string of the molecule is [2H]C([2H])([2H])OC1=C(OC([2H])([2H])[2H])C(=O)C(CCCCCCCC([2H])([2H])C([2H])([2H])CO)=C(C)C1=O. The van der Waals surface area contributed by atoms with E-state index in [0.29, 0.717) is 32.1 Å². The van der Waals surface area contributed by atoms with Crippen molar-refractivity contribution >= 4 is 11.6 Å². The third-order valence-electron chi connectivity index (χ3n) is 3.82. The van der Waals surface area contributed by atoms with Gasteiger partial charge in [-0.3, -0.25) is 9.59 Å². The lowest BCUT2D eigenvalue weighted by atomic mass is 9.89. The summed E-state index contributed by atoms with van der Waals surface area (Å²) >= 11 is 0. The number of hydrogen-bond acceptors (Lipinski definition) is 5. The van der Waals surface area contributed by atoms with Crippen LogP contribution in [0.15, 0.2) is 22.7 Å². The Kier molecular flexibility index (Phi) is 4.48. The first-order chi connectivity index (χ1) is 15.3. The molecule has 0 radical (unpaired) electrons. The van der Waals surface area contributed by atoms with Gasteiger partial charge in [0.2, 0.25) is 23.1 Å². The van der Waals surface area contributed by atoms with Crippen molar-refractivity contribution in [2.75, 3.05) is 20.7 Å². The summed E-state index contributed by atoms with van der Waals surface area (Å²) in [5, 5.41) is 8.99. The normalized spacial score (nSPS) is 23.8. The van der Waals surface area contributed by atoms with Crippen LogP contribution < -0.4 is 0 Å². The number of hydrogen-bond donors (Lipinski definition) is 1. The lowest BCUT2D eigenvalue weighted by molar-refractivity contribution is -0.121. The molecule has 1 aliphatic rings. The molecule has 0 atom stereocenters. The molecule has 1 rings (SSSR count). The summed E-state index contributed by atoms with van der Waals surface area (Å²) < 4.78 is 83.0. The predicted molar refractivity (Wildman–Crippen MR) is 92.4 cm³/mol. The molecule has 1 aliphatic carbocycles. The number of carbonyl (C=O) groups excluding carboxylic acids is 2. The van der Waals surface area contributed by atoms with Crippen LogP contribution in [-0.4, -0.2) is 37.4 Å². The fourth-order valence-corrected chi connectivity index (χ4v) is 2.50. The number of unbranched alkanes of at least 4 members (excludes halogenated alkanes) is 4. The molecule has 5 heteroatoms. The Hall–Kier alpha value is -1.62. The second kappa shape index (κ2) is 11.0. The molecule has 5 nitrogen and oxygen atoms in total. The molecule has 0 aromatic heterocycles. The number of rotatable bonds is 12. The monoisotopic (exact) mass is 348 g/mol. The van der Waals surface area contributed by atoms with Crippen LogP contribution in [0.1, 0.15) is 78.3 Å². The summed E-state index contributed by atoms with van der Waals surface area (Å²) in [6.45, 7) is 0.407. The number of aliphatic hydroxyl groups is 1. The second-order valence-corrected chi connectivity index (χ2v) is 5.40. The van der Waals surface area contributed by atoms with Gasteiger partial charge in [-0.2, -0.15) is 0 Å². The fraction of sp³-hybridized carbons (Fsp3) is 0.684. The number of methoxy groups -OCH3 is 2. The minimum atomic E-state index is -3.11. The summed E-state index contributed by atoms with van der Waals surface area (Å²) in [6, 6.07) is 0. The molecule has 136 valence electrons. The van der Waals surface area contributed by atoms with E-state index >= 15 is 0 Å². The third-order valence-corrected chi connectivity index (χ3v) is 3.82. The Bertz CT molecular complexity index is 824. The highest BCUT2D eigenvalue weighted by molar-refractivity contribution is 6.23. The number of ether oxygens (including phenoxy) is 2. The highest BCUT2D eigenvalue weighted by Gasteiger charge is 2.34. The summed E-state index contributed by atoms with van der Waals surface area (Å²) in [5.74, 6) is -3.78. The summed E-state index contributed by atoms with van der Waals surface area (Å²) in [5.41, 5.74) is -0.0452. The van der Waals surface area contributed by atoms with Crippen LogP contribution in [0.4, 0.5) is 0 Å². The van der Waals surface area contributed by atoms with Crippen molar-refractivity contribution in [1.29, 1.82) is 0 Å². The van der Waals surface area contributed by atoms with Gasteiger partial charge in [-0.05, 0) is 26.1 Å². The van der Waals surface area contributed by atoms with Gasteiger partial charge in [0.05, 0.1) is 22.3 Å². The van der Waals surface area contributed by atoms with Crippen molar-refractivity contribution in [2.24, 2.45) is 0 Å². The van der Waals surface area contributed by atoms with Crippen molar-refractivity contribution in [2.45, 2.75) is 64.6 Å². The van der Waals surface area contributed by atoms with E-state index in [0.717, 1.165) is 0 Å². The van der Waals surface area contributed by atoms with E-state index in [1.807, 2.05) is 0 Å². The standard InChI is InChI=1S/C19H30O5/c1-14-15(12-10-8-6-4-5-7-9-11-13-20)17(22)19(24-3)18(23-2)16(14)21/h20H,4-13H2,1-3H3/i2D3,3D3,9D2,11D2. The largest absolute Gasteiger partial charge is 0.489 e. The van der Waals surface area contributed by atoms with Gasteiger partial charge in [-0.25, -0.2) is 0 Å². The molecule has 0 saturated carbocycles. The van der Waals surface area contributed by atoms with Crippen LogP contribution >= 0.6 is 0 Å². The Morgan fingerprint density at radius 3 is 2.12 bits per heavy atom. The van der Waals surface area contributed by atoms with Crippen LogP contribution in [0.25, 0.3) is 0 Å². The van der Waals surface area contributed by atoms with Crippen LogP contribution in [0, 0.1) is 0 Å². The molecule has 0 bridgehead atoms. The van der Waals surface area contributed by atoms with Crippen LogP contribution in [-0.2, 0) is 19.1 Å². The van der Waals surface area contributed by atoms with Crippen molar-refractivity contribution in [3.63, 3.8) is 0 Å². The number of carbonyl (C=O) groups is 2. The number of ketones is 2. The van der Waals surface area contributed by atoms with Gasteiger partial charge in [0.15, 0.2) is 0 Å². The summed E-state index contributed by atoms with van der Waals surface area (Å²) in [7, 11) is -6.21. The predicted octanol–water partition coefficient (Wildman–Crippen LogP) is 3.46. The minimum Gasteiger partial charge on any atom is -0.489 e. The second-order valence-electron chi connectivity index (χ2n) is 5.40. The summed E-state index contributed by atoms with van der Waals surface area (Å²) in [4.78, 5) is 25.5. The highest BCUT2D eigenvalue weighted by atomic mass is 16.5.